The van der Waals surface area contributed by atoms with Crippen LogP contribution in [0.1, 0.15) is 17.2 Å². The molecule has 0 fully saturated rings. The van der Waals surface area contributed by atoms with Crippen molar-refractivity contribution in [1.29, 1.82) is 0 Å². The second-order valence-corrected chi connectivity index (χ2v) is 7.72. The van der Waals surface area contributed by atoms with Gasteiger partial charge in [0, 0.05) is 21.2 Å². The first kappa shape index (κ1) is 14.2. The third kappa shape index (κ3) is 3.84. The van der Waals surface area contributed by atoms with Gasteiger partial charge in [-0.15, -0.1) is 0 Å². The van der Waals surface area contributed by atoms with Crippen LogP contribution >= 0.6 is 31.9 Å². The van der Waals surface area contributed by atoms with E-state index in [0.717, 1.165) is 20.1 Å². The smallest absolute Gasteiger partial charge is 0.149 e. The molecule has 0 heterocycles. The molecule has 1 rings (SSSR count). The number of rotatable bonds is 3. The molecule has 3 nitrogen and oxygen atoms in total. The van der Waals surface area contributed by atoms with E-state index in [-0.39, 0.29) is 5.75 Å². The summed E-state index contributed by atoms with van der Waals surface area (Å²) >= 11 is 6.80. The van der Waals surface area contributed by atoms with Gasteiger partial charge in [0.2, 0.25) is 0 Å². The molecule has 16 heavy (non-hydrogen) atoms. The Labute approximate surface area is 113 Å². The first-order chi connectivity index (χ1) is 7.20. The summed E-state index contributed by atoms with van der Waals surface area (Å²) in [5.74, 6) is -0.0545. The minimum absolute atomic E-state index is 0.0545. The molecular weight excluding hydrogens is 358 g/mol. The number of halogens is 2. The summed E-state index contributed by atoms with van der Waals surface area (Å²) in [4.78, 5) is 0. The average Bonchev–Trinajstić information content (AvgIpc) is 2.08. The van der Waals surface area contributed by atoms with Crippen molar-refractivity contribution >= 4 is 41.7 Å². The standard InChI is InChI=1S/C10H13Br2NO2S/c1-6-3-9(12)7(4-8(6)11)10(13)5-16(2,14)15/h3-4,10H,5,13H2,1-2H3. The van der Waals surface area contributed by atoms with Crippen LogP contribution < -0.4 is 5.73 Å². The first-order valence-electron chi connectivity index (χ1n) is 4.59. The third-order valence-corrected chi connectivity index (χ3v) is 4.67. The highest BCUT2D eigenvalue weighted by molar-refractivity contribution is 9.11. The number of sulfone groups is 1. The van der Waals surface area contributed by atoms with Crippen molar-refractivity contribution in [1.82, 2.24) is 0 Å². The van der Waals surface area contributed by atoms with Gasteiger partial charge in [-0.05, 0) is 30.2 Å². The van der Waals surface area contributed by atoms with Crippen LogP contribution in [0, 0.1) is 6.92 Å². The van der Waals surface area contributed by atoms with E-state index >= 15 is 0 Å². The topological polar surface area (TPSA) is 60.2 Å². The largest absolute Gasteiger partial charge is 0.323 e. The lowest BCUT2D eigenvalue weighted by Gasteiger charge is -2.14. The van der Waals surface area contributed by atoms with Crippen LogP contribution in [0.5, 0.6) is 0 Å². The molecule has 0 saturated heterocycles. The van der Waals surface area contributed by atoms with Gasteiger partial charge in [0.15, 0.2) is 0 Å². The molecule has 0 saturated carbocycles. The first-order valence-corrected chi connectivity index (χ1v) is 8.24. The molecule has 0 aliphatic rings. The zero-order valence-corrected chi connectivity index (χ0v) is 13.0. The Bertz CT molecular complexity index is 500. The van der Waals surface area contributed by atoms with Crippen LogP contribution in [0.15, 0.2) is 21.1 Å². The molecule has 1 aromatic rings. The predicted molar refractivity (Wildman–Crippen MR) is 73.2 cm³/mol. The lowest BCUT2D eigenvalue weighted by Crippen LogP contribution is -2.21. The normalized spacial score (nSPS) is 13.8. The van der Waals surface area contributed by atoms with E-state index in [1.54, 1.807) is 0 Å². The van der Waals surface area contributed by atoms with Crippen molar-refractivity contribution in [2.24, 2.45) is 5.73 Å². The summed E-state index contributed by atoms with van der Waals surface area (Å²) in [6.45, 7) is 1.96. The number of hydrogen-bond donors (Lipinski definition) is 1. The average molecular weight is 371 g/mol. The zero-order valence-electron chi connectivity index (χ0n) is 9.00. The van der Waals surface area contributed by atoms with Crippen molar-refractivity contribution in [2.45, 2.75) is 13.0 Å². The van der Waals surface area contributed by atoms with Gasteiger partial charge in [-0.3, -0.25) is 0 Å². The maximum absolute atomic E-state index is 11.2. The molecule has 0 aliphatic heterocycles. The second kappa shape index (κ2) is 5.16. The molecule has 0 aliphatic carbocycles. The van der Waals surface area contributed by atoms with Crippen molar-refractivity contribution < 1.29 is 8.42 Å². The highest BCUT2D eigenvalue weighted by atomic mass is 79.9. The van der Waals surface area contributed by atoms with Gasteiger partial charge in [0.25, 0.3) is 0 Å². The lowest BCUT2D eigenvalue weighted by atomic mass is 10.1. The molecule has 0 bridgehead atoms. The maximum Gasteiger partial charge on any atom is 0.149 e. The van der Waals surface area contributed by atoms with E-state index in [9.17, 15) is 8.42 Å². The summed E-state index contributed by atoms with van der Waals surface area (Å²) < 4.78 is 24.1. The van der Waals surface area contributed by atoms with E-state index in [2.05, 4.69) is 31.9 Å². The number of benzene rings is 1. The van der Waals surface area contributed by atoms with Gasteiger partial charge in [-0.2, -0.15) is 0 Å². The molecule has 1 aromatic carbocycles. The Morgan fingerprint density at radius 2 is 1.88 bits per heavy atom. The van der Waals surface area contributed by atoms with Crippen molar-refractivity contribution in [3.8, 4) is 0 Å². The summed E-state index contributed by atoms with van der Waals surface area (Å²) in [5.41, 5.74) is 7.74. The van der Waals surface area contributed by atoms with Crippen LogP contribution in [-0.2, 0) is 9.84 Å². The SMILES string of the molecule is Cc1cc(Br)c(C(N)CS(C)(=O)=O)cc1Br. The van der Waals surface area contributed by atoms with Crippen LogP contribution in [0.3, 0.4) is 0 Å². The highest BCUT2D eigenvalue weighted by Gasteiger charge is 2.16. The van der Waals surface area contributed by atoms with Crippen molar-refractivity contribution in [3.63, 3.8) is 0 Å². The Morgan fingerprint density at radius 1 is 1.31 bits per heavy atom. The van der Waals surface area contributed by atoms with Gasteiger partial charge in [-0.25, -0.2) is 8.42 Å². The number of nitrogens with two attached hydrogens (primary N) is 1. The van der Waals surface area contributed by atoms with Gasteiger partial charge < -0.3 is 5.73 Å². The fraction of sp³-hybridized carbons (Fsp3) is 0.400. The Balaban J connectivity index is 3.09. The van der Waals surface area contributed by atoms with Gasteiger partial charge >= 0.3 is 0 Å². The second-order valence-electron chi connectivity index (χ2n) is 3.82. The lowest BCUT2D eigenvalue weighted by molar-refractivity contribution is 0.594. The van der Waals surface area contributed by atoms with Gasteiger partial charge in [0.1, 0.15) is 9.84 Å². The molecule has 0 aromatic heterocycles. The van der Waals surface area contributed by atoms with Crippen molar-refractivity contribution in [2.75, 3.05) is 12.0 Å². The Morgan fingerprint density at radius 3 is 2.38 bits per heavy atom. The maximum atomic E-state index is 11.2. The van der Waals surface area contributed by atoms with Gasteiger partial charge in [-0.1, -0.05) is 31.9 Å². The summed E-state index contributed by atoms with van der Waals surface area (Å²) in [6, 6.07) is 3.26. The van der Waals surface area contributed by atoms with Crippen LogP contribution in [-0.4, -0.2) is 20.4 Å². The molecule has 0 spiro atoms. The fourth-order valence-corrected chi connectivity index (χ4v) is 3.31. The number of aryl methyl sites for hydroxylation is 1. The van der Waals surface area contributed by atoms with Gasteiger partial charge in [0.05, 0.1) is 5.75 Å². The summed E-state index contributed by atoms with van der Waals surface area (Å²) in [5, 5.41) is 0. The molecule has 1 atom stereocenters. The quantitative estimate of drug-likeness (QED) is 0.889. The van der Waals surface area contributed by atoms with Crippen molar-refractivity contribution in [3.05, 3.63) is 32.2 Å². The van der Waals surface area contributed by atoms with E-state index in [1.807, 2.05) is 19.1 Å². The van der Waals surface area contributed by atoms with E-state index in [0.29, 0.717) is 0 Å². The predicted octanol–water partition coefficient (Wildman–Crippen LogP) is 2.56. The van der Waals surface area contributed by atoms with E-state index in [4.69, 9.17) is 5.73 Å². The fourth-order valence-electron chi connectivity index (χ4n) is 1.36. The van der Waals surface area contributed by atoms with Crippen LogP contribution in [0.25, 0.3) is 0 Å². The molecule has 1 unspecified atom stereocenters. The third-order valence-electron chi connectivity index (χ3n) is 2.16. The molecule has 90 valence electrons. The molecule has 6 heteroatoms. The number of hydrogen-bond acceptors (Lipinski definition) is 3. The monoisotopic (exact) mass is 369 g/mol. The van der Waals surface area contributed by atoms with E-state index < -0.39 is 15.9 Å². The zero-order chi connectivity index (χ0) is 12.5. The van der Waals surface area contributed by atoms with Crippen LogP contribution in [0.2, 0.25) is 0 Å². The summed E-state index contributed by atoms with van der Waals surface area (Å²) in [7, 11) is -3.07. The molecular formula is C10H13Br2NO2S. The molecule has 0 radical (unpaired) electrons. The van der Waals surface area contributed by atoms with E-state index in [1.165, 1.54) is 6.26 Å². The molecule has 0 amide bonds. The minimum atomic E-state index is -3.07. The molecule has 2 N–H and O–H groups in total. The summed E-state index contributed by atoms with van der Waals surface area (Å²) in [6.07, 6.45) is 1.18. The van der Waals surface area contributed by atoms with Crippen LogP contribution in [0.4, 0.5) is 0 Å². The Hall–Kier alpha value is 0.0900. The highest BCUT2D eigenvalue weighted by Crippen LogP contribution is 2.29. The Kier molecular flexibility index (Phi) is 4.57. The minimum Gasteiger partial charge on any atom is -0.323 e.